The zero-order chi connectivity index (χ0) is 20.6. The van der Waals surface area contributed by atoms with Crippen LogP contribution in [-0.4, -0.2) is 26.0 Å². The quantitative estimate of drug-likeness (QED) is 0.672. The van der Waals surface area contributed by atoms with Gasteiger partial charge in [-0.1, -0.05) is 18.2 Å². The minimum absolute atomic E-state index is 0.0687. The lowest BCUT2D eigenvalue weighted by Gasteiger charge is -2.17. The molecule has 0 bridgehead atoms. The van der Waals surface area contributed by atoms with Crippen molar-refractivity contribution < 1.29 is 36.9 Å². The average Bonchev–Trinajstić information content (AvgIpc) is 3.25. The molecule has 4 rings (SSSR count). The lowest BCUT2D eigenvalue weighted by Crippen LogP contribution is -2.18. The van der Waals surface area contributed by atoms with Crippen LogP contribution >= 0.6 is 0 Å². The molecule has 8 heteroatoms. The molecule has 1 aliphatic carbocycles. The number of hydrogen-bond donors (Lipinski definition) is 0. The molecule has 0 unspecified atom stereocenters. The van der Waals surface area contributed by atoms with E-state index in [4.69, 9.17) is 14.2 Å². The van der Waals surface area contributed by atoms with E-state index in [0.717, 1.165) is 5.56 Å². The number of carbonyl (C=O) groups excluding carboxylic acids is 1. The van der Waals surface area contributed by atoms with Gasteiger partial charge in [0.25, 0.3) is 0 Å². The van der Waals surface area contributed by atoms with Crippen LogP contribution in [0.1, 0.15) is 41.6 Å². The summed E-state index contributed by atoms with van der Waals surface area (Å²) in [7, 11) is 1.35. The predicted octanol–water partition coefficient (Wildman–Crippen LogP) is 4.69. The monoisotopic (exact) mass is 408 g/mol. The second kappa shape index (κ2) is 7.50. The standard InChI is InChI=1S/C21H19F3O5/c1-26-20(25)9-12-11-27-19-10-13(5-6-14(12)19)28-17-8-7-16-15(17)3-2-4-18(16)29-21(22,23)24/h2-6,10,12,17H,7-9,11H2,1H3/t12-,17-/m1/s1. The van der Waals surface area contributed by atoms with Crippen molar-refractivity contribution >= 4 is 5.97 Å². The van der Waals surface area contributed by atoms with Gasteiger partial charge in [0.05, 0.1) is 20.1 Å². The topological polar surface area (TPSA) is 54.0 Å². The van der Waals surface area contributed by atoms with Gasteiger partial charge in [-0.3, -0.25) is 4.79 Å². The maximum Gasteiger partial charge on any atom is 0.573 e. The number of ether oxygens (including phenoxy) is 4. The number of hydrogen-bond acceptors (Lipinski definition) is 5. The molecule has 2 aromatic carbocycles. The lowest BCUT2D eigenvalue weighted by molar-refractivity contribution is -0.274. The summed E-state index contributed by atoms with van der Waals surface area (Å²) in [5, 5.41) is 0. The fourth-order valence-corrected chi connectivity index (χ4v) is 3.87. The third-order valence-corrected chi connectivity index (χ3v) is 5.18. The SMILES string of the molecule is COC(=O)C[C@@H]1COc2cc(O[C@@H]3CCc4c(OC(F)(F)F)cccc43)ccc21. The third kappa shape index (κ3) is 4.11. The minimum Gasteiger partial charge on any atom is -0.492 e. The van der Waals surface area contributed by atoms with E-state index in [1.54, 1.807) is 18.2 Å². The average molecular weight is 408 g/mol. The Balaban J connectivity index is 1.50. The molecular formula is C21H19F3O5. The molecule has 0 saturated heterocycles. The minimum atomic E-state index is -4.73. The molecule has 1 heterocycles. The Labute approximate surface area is 165 Å². The zero-order valence-electron chi connectivity index (χ0n) is 15.6. The van der Waals surface area contributed by atoms with Crippen molar-refractivity contribution in [3.8, 4) is 17.2 Å². The van der Waals surface area contributed by atoms with E-state index in [9.17, 15) is 18.0 Å². The Morgan fingerprint density at radius 2 is 2.03 bits per heavy atom. The number of methoxy groups -OCH3 is 1. The Morgan fingerprint density at radius 1 is 1.21 bits per heavy atom. The first kappa shape index (κ1) is 19.4. The number of halogens is 3. The van der Waals surface area contributed by atoms with Crippen molar-refractivity contribution in [1.29, 1.82) is 0 Å². The van der Waals surface area contributed by atoms with Crippen LogP contribution < -0.4 is 14.2 Å². The first-order valence-electron chi connectivity index (χ1n) is 9.22. The van der Waals surface area contributed by atoms with Crippen LogP contribution in [0.2, 0.25) is 0 Å². The van der Waals surface area contributed by atoms with E-state index in [1.807, 2.05) is 6.07 Å². The van der Waals surface area contributed by atoms with Crippen molar-refractivity contribution in [2.45, 2.75) is 37.6 Å². The third-order valence-electron chi connectivity index (χ3n) is 5.18. The second-order valence-electron chi connectivity index (χ2n) is 7.00. The molecule has 0 saturated carbocycles. The van der Waals surface area contributed by atoms with E-state index in [1.165, 1.54) is 19.2 Å². The summed E-state index contributed by atoms with van der Waals surface area (Å²) in [5.41, 5.74) is 2.12. The second-order valence-corrected chi connectivity index (χ2v) is 7.00. The fourth-order valence-electron chi connectivity index (χ4n) is 3.87. The normalized spacial score (nSPS) is 19.9. The predicted molar refractivity (Wildman–Crippen MR) is 96.1 cm³/mol. The first-order chi connectivity index (χ1) is 13.8. The van der Waals surface area contributed by atoms with Gasteiger partial charge in [0.1, 0.15) is 23.4 Å². The van der Waals surface area contributed by atoms with Crippen LogP contribution in [0.5, 0.6) is 17.2 Å². The highest BCUT2D eigenvalue weighted by Gasteiger charge is 2.35. The lowest BCUT2D eigenvalue weighted by atomic mass is 9.98. The van der Waals surface area contributed by atoms with Crippen LogP contribution in [-0.2, 0) is 16.0 Å². The maximum atomic E-state index is 12.6. The van der Waals surface area contributed by atoms with Crippen molar-refractivity contribution in [2.75, 3.05) is 13.7 Å². The van der Waals surface area contributed by atoms with Crippen LogP contribution in [0.15, 0.2) is 36.4 Å². The Hall–Kier alpha value is -2.90. The largest absolute Gasteiger partial charge is 0.573 e. The summed E-state index contributed by atoms with van der Waals surface area (Å²) in [6.45, 7) is 0.387. The summed E-state index contributed by atoms with van der Waals surface area (Å²) >= 11 is 0. The number of fused-ring (bicyclic) bond motifs is 2. The molecule has 0 spiro atoms. The summed E-state index contributed by atoms with van der Waals surface area (Å²) in [5.74, 6) is 0.655. The Morgan fingerprint density at radius 3 is 2.79 bits per heavy atom. The molecule has 1 aliphatic heterocycles. The van der Waals surface area contributed by atoms with E-state index >= 15 is 0 Å². The van der Waals surface area contributed by atoms with Crippen LogP contribution in [0.25, 0.3) is 0 Å². The van der Waals surface area contributed by atoms with E-state index in [-0.39, 0.29) is 30.2 Å². The molecule has 0 radical (unpaired) electrons. The van der Waals surface area contributed by atoms with Gasteiger partial charge in [-0.05, 0) is 30.5 Å². The smallest absolute Gasteiger partial charge is 0.492 e. The summed E-state index contributed by atoms with van der Waals surface area (Å²) in [6.07, 6.45) is -3.87. The molecule has 5 nitrogen and oxygen atoms in total. The van der Waals surface area contributed by atoms with Crippen molar-refractivity contribution in [1.82, 2.24) is 0 Å². The van der Waals surface area contributed by atoms with Crippen molar-refractivity contribution in [2.24, 2.45) is 0 Å². The molecule has 2 aromatic rings. The van der Waals surface area contributed by atoms with Gasteiger partial charge in [-0.15, -0.1) is 13.2 Å². The van der Waals surface area contributed by atoms with Crippen LogP contribution in [0.3, 0.4) is 0 Å². The highest BCUT2D eigenvalue weighted by atomic mass is 19.4. The molecule has 0 fully saturated rings. The maximum absolute atomic E-state index is 12.6. The van der Waals surface area contributed by atoms with Gasteiger partial charge in [0, 0.05) is 23.1 Å². The van der Waals surface area contributed by atoms with E-state index in [0.29, 0.717) is 42.1 Å². The van der Waals surface area contributed by atoms with E-state index in [2.05, 4.69) is 4.74 Å². The van der Waals surface area contributed by atoms with Gasteiger partial charge in [0.2, 0.25) is 0 Å². The van der Waals surface area contributed by atoms with Crippen molar-refractivity contribution in [3.63, 3.8) is 0 Å². The molecule has 2 aliphatic rings. The molecule has 0 aromatic heterocycles. The Kier molecular flexibility index (Phi) is 5.02. The molecule has 0 N–H and O–H groups in total. The molecule has 154 valence electrons. The fraction of sp³-hybridized carbons (Fsp3) is 0.381. The first-order valence-corrected chi connectivity index (χ1v) is 9.22. The molecular weight excluding hydrogens is 389 g/mol. The van der Waals surface area contributed by atoms with Crippen molar-refractivity contribution in [3.05, 3.63) is 53.1 Å². The summed E-state index contributed by atoms with van der Waals surface area (Å²) in [4.78, 5) is 11.5. The molecule has 29 heavy (non-hydrogen) atoms. The Bertz CT molecular complexity index is 925. The number of esters is 1. The summed E-state index contributed by atoms with van der Waals surface area (Å²) in [6, 6.07) is 9.99. The summed E-state index contributed by atoms with van der Waals surface area (Å²) < 4.78 is 58.4. The van der Waals surface area contributed by atoms with Crippen LogP contribution in [0, 0.1) is 0 Å². The number of benzene rings is 2. The number of rotatable bonds is 5. The highest BCUT2D eigenvalue weighted by Crippen LogP contribution is 2.43. The highest BCUT2D eigenvalue weighted by molar-refractivity contribution is 5.71. The molecule has 2 atom stereocenters. The molecule has 0 amide bonds. The number of carbonyl (C=O) groups is 1. The van der Waals surface area contributed by atoms with Gasteiger partial charge in [-0.2, -0.15) is 0 Å². The van der Waals surface area contributed by atoms with Crippen LogP contribution in [0.4, 0.5) is 13.2 Å². The van der Waals surface area contributed by atoms with Gasteiger partial charge >= 0.3 is 12.3 Å². The van der Waals surface area contributed by atoms with Gasteiger partial charge in [0.15, 0.2) is 0 Å². The van der Waals surface area contributed by atoms with Gasteiger partial charge < -0.3 is 18.9 Å². The number of alkyl halides is 3. The zero-order valence-corrected chi connectivity index (χ0v) is 15.6. The van der Waals surface area contributed by atoms with Gasteiger partial charge in [-0.25, -0.2) is 0 Å². The van der Waals surface area contributed by atoms with E-state index < -0.39 is 6.36 Å².